The Morgan fingerprint density at radius 2 is 1.73 bits per heavy atom. The first-order valence-electron chi connectivity index (χ1n) is 3.46. The maximum atomic E-state index is 4.27. The van der Waals surface area contributed by atoms with Crippen molar-refractivity contribution in [1.82, 2.24) is 0 Å². The summed E-state index contributed by atoms with van der Waals surface area (Å²) >= 11 is 4.27. The van der Waals surface area contributed by atoms with Crippen LogP contribution in [-0.2, 0) is 0 Å². The SMILES string of the molecule is S[n+]1cccc2ccccc21. The van der Waals surface area contributed by atoms with Gasteiger partial charge in [-0.3, -0.25) is 0 Å². The Labute approximate surface area is 70.8 Å². The molecule has 2 rings (SSSR count). The normalized spacial score (nSPS) is 10.3. The van der Waals surface area contributed by atoms with E-state index < -0.39 is 0 Å². The van der Waals surface area contributed by atoms with Crippen LogP contribution in [-0.4, -0.2) is 0 Å². The number of para-hydroxylation sites is 1. The molecule has 0 bridgehead atoms. The van der Waals surface area contributed by atoms with Crippen molar-refractivity contribution < 1.29 is 3.97 Å². The fraction of sp³-hybridized carbons (Fsp3) is 0. The molecule has 0 fully saturated rings. The zero-order valence-corrected chi connectivity index (χ0v) is 6.83. The summed E-state index contributed by atoms with van der Waals surface area (Å²) < 4.78 is 1.81. The van der Waals surface area contributed by atoms with Gasteiger partial charge in [-0.15, -0.1) is 3.97 Å². The maximum absolute atomic E-state index is 4.27. The van der Waals surface area contributed by atoms with Crippen LogP contribution in [0.15, 0.2) is 42.6 Å². The fourth-order valence-corrected chi connectivity index (χ4v) is 1.40. The molecule has 11 heavy (non-hydrogen) atoms. The van der Waals surface area contributed by atoms with Gasteiger partial charge >= 0.3 is 0 Å². The molecule has 0 N–H and O–H groups in total. The molecule has 0 spiro atoms. The molecule has 0 saturated carbocycles. The summed E-state index contributed by atoms with van der Waals surface area (Å²) in [5, 5.41) is 1.21. The third kappa shape index (κ3) is 1.10. The average molecular weight is 162 g/mol. The molecule has 1 heterocycles. The summed E-state index contributed by atoms with van der Waals surface area (Å²) in [5.74, 6) is 0. The van der Waals surface area contributed by atoms with E-state index in [-0.39, 0.29) is 0 Å². The zero-order chi connectivity index (χ0) is 7.68. The highest BCUT2D eigenvalue weighted by Crippen LogP contribution is 2.07. The van der Waals surface area contributed by atoms with Crippen molar-refractivity contribution in [3.8, 4) is 0 Å². The molecule has 0 unspecified atom stereocenters. The molecule has 1 aromatic heterocycles. The molecule has 0 amide bonds. The first-order valence-corrected chi connectivity index (χ1v) is 3.86. The van der Waals surface area contributed by atoms with Gasteiger partial charge in [0.2, 0.25) is 5.52 Å². The van der Waals surface area contributed by atoms with Crippen LogP contribution >= 0.6 is 12.8 Å². The molecule has 0 aliphatic heterocycles. The van der Waals surface area contributed by atoms with Gasteiger partial charge in [0.25, 0.3) is 0 Å². The van der Waals surface area contributed by atoms with E-state index in [0.29, 0.717) is 0 Å². The van der Waals surface area contributed by atoms with Crippen molar-refractivity contribution in [3.63, 3.8) is 0 Å². The zero-order valence-electron chi connectivity index (χ0n) is 5.94. The maximum Gasteiger partial charge on any atom is 0.226 e. The third-order valence-electron chi connectivity index (χ3n) is 1.69. The van der Waals surface area contributed by atoms with Crippen LogP contribution in [0.4, 0.5) is 0 Å². The lowest BCUT2D eigenvalue weighted by molar-refractivity contribution is -0.458. The number of thiol groups is 1. The van der Waals surface area contributed by atoms with E-state index in [1.54, 1.807) is 0 Å². The number of nitrogens with zero attached hydrogens (tertiary/aromatic N) is 1. The smallest absolute Gasteiger partial charge is 0.129 e. The van der Waals surface area contributed by atoms with Crippen LogP contribution in [0.25, 0.3) is 10.9 Å². The van der Waals surface area contributed by atoms with E-state index in [2.05, 4.69) is 24.9 Å². The minimum absolute atomic E-state index is 1.14. The van der Waals surface area contributed by atoms with E-state index in [4.69, 9.17) is 0 Å². The molecule has 1 nitrogen and oxygen atoms in total. The Hall–Kier alpha value is -1.02. The fourth-order valence-electron chi connectivity index (χ4n) is 1.15. The quantitative estimate of drug-likeness (QED) is 0.445. The Bertz CT molecular complexity index is 379. The highest BCUT2D eigenvalue weighted by molar-refractivity contribution is 7.73. The monoisotopic (exact) mass is 162 g/mol. The highest BCUT2D eigenvalue weighted by atomic mass is 32.1. The van der Waals surface area contributed by atoms with Crippen LogP contribution in [0, 0.1) is 0 Å². The van der Waals surface area contributed by atoms with E-state index >= 15 is 0 Å². The Kier molecular flexibility index (Phi) is 1.55. The molecule has 0 saturated heterocycles. The number of aromatic nitrogens is 1. The minimum Gasteiger partial charge on any atom is -0.129 e. The van der Waals surface area contributed by atoms with Gasteiger partial charge in [-0.05, 0) is 12.1 Å². The Morgan fingerprint density at radius 1 is 1.00 bits per heavy atom. The molecular formula is C9H8NS+. The van der Waals surface area contributed by atoms with Crippen molar-refractivity contribution in [1.29, 1.82) is 0 Å². The summed E-state index contributed by atoms with van der Waals surface area (Å²) in [5.41, 5.74) is 1.14. The van der Waals surface area contributed by atoms with Gasteiger partial charge in [-0.1, -0.05) is 12.1 Å². The number of rotatable bonds is 0. The molecule has 0 radical (unpaired) electrons. The first kappa shape index (κ1) is 6.68. The van der Waals surface area contributed by atoms with E-state index in [9.17, 15) is 0 Å². The number of fused-ring (bicyclic) bond motifs is 1. The summed E-state index contributed by atoms with van der Waals surface area (Å²) in [4.78, 5) is 0. The lowest BCUT2D eigenvalue weighted by Crippen LogP contribution is -2.19. The number of benzene rings is 1. The van der Waals surface area contributed by atoms with Crippen molar-refractivity contribution in [2.24, 2.45) is 0 Å². The summed E-state index contributed by atoms with van der Waals surface area (Å²) in [6, 6.07) is 12.2. The first-order chi connectivity index (χ1) is 5.38. The standard InChI is InChI=1S/C9H8NS/c11-10-7-3-5-8-4-1-2-6-9(8)10/h1-7,11H/q+1. The molecule has 2 heteroatoms. The van der Waals surface area contributed by atoms with Crippen LogP contribution in [0.1, 0.15) is 0 Å². The van der Waals surface area contributed by atoms with Crippen LogP contribution in [0.2, 0.25) is 0 Å². The van der Waals surface area contributed by atoms with Gasteiger partial charge in [0.15, 0.2) is 6.20 Å². The van der Waals surface area contributed by atoms with Gasteiger partial charge in [-0.25, -0.2) is 0 Å². The third-order valence-corrected chi connectivity index (χ3v) is 2.04. The van der Waals surface area contributed by atoms with Crippen molar-refractivity contribution in [2.75, 3.05) is 0 Å². The van der Waals surface area contributed by atoms with Crippen LogP contribution in [0.3, 0.4) is 0 Å². The van der Waals surface area contributed by atoms with Gasteiger partial charge in [0, 0.05) is 17.5 Å². The van der Waals surface area contributed by atoms with E-state index in [0.717, 1.165) is 5.52 Å². The summed E-state index contributed by atoms with van der Waals surface area (Å²) in [7, 11) is 0. The highest BCUT2D eigenvalue weighted by Gasteiger charge is 2.00. The summed E-state index contributed by atoms with van der Waals surface area (Å²) in [6.45, 7) is 0. The van der Waals surface area contributed by atoms with Gasteiger partial charge in [0.05, 0.1) is 0 Å². The molecule has 0 atom stereocenters. The largest absolute Gasteiger partial charge is 0.226 e. The van der Waals surface area contributed by atoms with Crippen molar-refractivity contribution in [2.45, 2.75) is 0 Å². The van der Waals surface area contributed by atoms with Crippen LogP contribution in [0.5, 0.6) is 0 Å². The van der Waals surface area contributed by atoms with Crippen LogP contribution < -0.4 is 3.97 Å². The lowest BCUT2D eigenvalue weighted by atomic mass is 10.2. The van der Waals surface area contributed by atoms with Crippen molar-refractivity contribution >= 4 is 23.7 Å². The van der Waals surface area contributed by atoms with E-state index in [1.807, 2.05) is 34.4 Å². The second-order valence-electron chi connectivity index (χ2n) is 2.41. The number of hydrogen-bond acceptors (Lipinski definition) is 1. The van der Waals surface area contributed by atoms with E-state index in [1.165, 1.54) is 5.39 Å². The molecule has 1 aromatic carbocycles. The molecule has 54 valence electrons. The molecular weight excluding hydrogens is 154 g/mol. The predicted molar refractivity (Wildman–Crippen MR) is 48.5 cm³/mol. The Morgan fingerprint density at radius 3 is 2.55 bits per heavy atom. The lowest BCUT2D eigenvalue weighted by Gasteiger charge is -1.91. The second kappa shape index (κ2) is 2.55. The van der Waals surface area contributed by atoms with Gasteiger partial charge in [0.1, 0.15) is 12.8 Å². The van der Waals surface area contributed by atoms with Gasteiger partial charge in [-0.2, -0.15) is 0 Å². The number of pyridine rings is 1. The topological polar surface area (TPSA) is 3.88 Å². The van der Waals surface area contributed by atoms with Crippen molar-refractivity contribution in [3.05, 3.63) is 42.6 Å². The minimum atomic E-state index is 1.14. The predicted octanol–water partition coefficient (Wildman–Crippen LogP) is 1.82. The van der Waals surface area contributed by atoms with Gasteiger partial charge < -0.3 is 0 Å². The second-order valence-corrected chi connectivity index (χ2v) is 2.84. The molecule has 2 aromatic rings. The average Bonchev–Trinajstić information content (AvgIpc) is 2.06. The summed E-state index contributed by atoms with van der Waals surface area (Å²) in [6.07, 6.45) is 1.92. The Balaban J connectivity index is 2.91. The number of hydrogen-bond donors (Lipinski definition) is 1. The molecule has 0 aliphatic rings. The molecule has 0 aliphatic carbocycles.